The number of rotatable bonds is 11. The van der Waals surface area contributed by atoms with Crippen molar-refractivity contribution in [3.8, 4) is 0 Å². The highest BCUT2D eigenvalue weighted by atomic mass is 15.1. The van der Waals surface area contributed by atoms with Crippen LogP contribution < -0.4 is 0 Å². The zero-order chi connectivity index (χ0) is 29.4. The Morgan fingerprint density at radius 3 is 2.61 bits per heavy atom. The molecule has 0 spiro atoms. The van der Waals surface area contributed by atoms with Crippen LogP contribution in [0.15, 0.2) is 74.4 Å². The molecule has 1 unspecified atom stereocenters. The first-order valence-corrected chi connectivity index (χ1v) is 16.0. The van der Waals surface area contributed by atoms with Crippen molar-refractivity contribution in [1.82, 2.24) is 4.90 Å². The number of allylic oxidation sites excluding steroid dienone is 6. The molecular weight excluding hydrogens is 502 g/mol. The quantitative estimate of drug-likeness (QED) is 0.272. The van der Waals surface area contributed by atoms with E-state index in [1.807, 2.05) is 0 Å². The molecule has 41 heavy (non-hydrogen) atoms. The van der Waals surface area contributed by atoms with Gasteiger partial charge in [0.05, 0.1) is 11.7 Å². The third kappa shape index (κ3) is 7.88. The van der Waals surface area contributed by atoms with Crippen LogP contribution in [0.5, 0.6) is 0 Å². The first kappa shape index (κ1) is 31.0. The van der Waals surface area contributed by atoms with Gasteiger partial charge in [0.2, 0.25) is 0 Å². The zero-order valence-corrected chi connectivity index (χ0v) is 26.2. The van der Waals surface area contributed by atoms with Crippen LogP contribution in [-0.4, -0.2) is 42.6 Å². The van der Waals surface area contributed by atoms with Gasteiger partial charge in [-0.05, 0) is 115 Å². The second kappa shape index (κ2) is 14.8. The molecule has 1 N–H and O–H groups in total. The molecule has 1 aromatic rings. The maximum atomic E-state index is 7.23. The van der Waals surface area contributed by atoms with E-state index in [1.165, 1.54) is 44.7 Å². The average molecular weight is 554 g/mol. The average Bonchev–Trinajstić information content (AvgIpc) is 3.02. The molecule has 0 amide bonds. The van der Waals surface area contributed by atoms with Crippen molar-refractivity contribution in [2.24, 2.45) is 21.0 Å². The fourth-order valence-corrected chi connectivity index (χ4v) is 6.78. The highest BCUT2D eigenvalue weighted by molar-refractivity contribution is 6.05. The van der Waals surface area contributed by atoms with Crippen molar-refractivity contribution >= 4 is 17.6 Å². The molecular formula is C36H51N5. The van der Waals surface area contributed by atoms with Gasteiger partial charge in [-0.2, -0.15) is 5.11 Å². The topological polar surface area (TPSA) is 64.2 Å². The first-order valence-electron chi connectivity index (χ1n) is 16.0. The van der Waals surface area contributed by atoms with E-state index >= 15 is 0 Å². The molecule has 0 saturated carbocycles. The Labute approximate surface area is 248 Å². The van der Waals surface area contributed by atoms with E-state index in [0.29, 0.717) is 30.1 Å². The summed E-state index contributed by atoms with van der Waals surface area (Å²) in [5, 5.41) is 3.52. The van der Waals surface area contributed by atoms with Gasteiger partial charge in [0.15, 0.2) is 0 Å². The lowest BCUT2D eigenvalue weighted by molar-refractivity contribution is 0.227. The molecule has 2 heterocycles. The summed E-state index contributed by atoms with van der Waals surface area (Å²) < 4.78 is 0. The summed E-state index contributed by atoms with van der Waals surface area (Å²) >= 11 is 0. The van der Waals surface area contributed by atoms with Gasteiger partial charge < -0.3 is 0 Å². The summed E-state index contributed by atoms with van der Waals surface area (Å²) in [6.07, 6.45) is 16.6. The van der Waals surface area contributed by atoms with Crippen LogP contribution in [0.4, 0.5) is 0 Å². The van der Waals surface area contributed by atoms with Gasteiger partial charge in [-0.3, -0.25) is 9.89 Å². The van der Waals surface area contributed by atoms with Crippen molar-refractivity contribution in [2.75, 3.05) is 19.6 Å². The van der Waals surface area contributed by atoms with Gasteiger partial charge in [-0.15, -0.1) is 0 Å². The second-order valence-corrected chi connectivity index (χ2v) is 12.5. The number of fused-ring (bicyclic) bond motifs is 2. The van der Waals surface area contributed by atoms with Crippen LogP contribution in [0, 0.1) is 18.4 Å². The van der Waals surface area contributed by atoms with Crippen LogP contribution >= 0.6 is 0 Å². The predicted octanol–water partition coefficient (Wildman–Crippen LogP) is 9.62. The number of piperidine rings is 1. The molecule has 1 atom stereocenters. The Balaban J connectivity index is 1.74. The lowest BCUT2D eigenvalue weighted by Gasteiger charge is -2.32. The summed E-state index contributed by atoms with van der Waals surface area (Å²) in [6, 6.07) is 7.60. The fourth-order valence-electron chi connectivity index (χ4n) is 6.78. The van der Waals surface area contributed by atoms with E-state index < -0.39 is 0 Å². The van der Waals surface area contributed by atoms with Crippen molar-refractivity contribution in [3.05, 3.63) is 76.0 Å². The van der Waals surface area contributed by atoms with E-state index in [9.17, 15) is 0 Å². The number of nitrogens with one attached hydrogen (secondary N) is 1. The molecule has 1 saturated heterocycles. The maximum Gasteiger partial charge on any atom is 0.110 e. The molecule has 1 aliphatic carbocycles. The van der Waals surface area contributed by atoms with E-state index in [-0.39, 0.29) is 0 Å². The summed E-state index contributed by atoms with van der Waals surface area (Å²) in [5.41, 5.74) is 19.2. The molecule has 5 heteroatoms. The molecule has 2 bridgehead atoms. The van der Waals surface area contributed by atoms with Crippen molar-refractivity contribution < 1.29 is 0 Å². The minimum atomic E-state index is 0.353. The number of aryl methyl sites for hydroxylation is 1. The molecule has 4 rings (SSSR count). The molecule has 2 aliphatic heterocycles. The van der Waals surface area contributed by atoms with Crippen molar-refractivity contribution in [2.45, 2.75) is 104 Å². The summed E-state index contributed by atoms with van der Waals surface area (Å²) in [6.45, 7) is 18.3. The Morgan fingerprint density at radius 2 is 1.93 bits per heavy atom. The molecule has 220 valence electrons. The van der Waals surface area contributed by atoms with Crippen molar-refractivity contribution in [1.29, 1.82) is 5.53 Å². The number of nitrogens with zero attached hydrogens (tertiary/aromatic N) is 4. The smallest absolute Gasteiger partial charge is 0.110 e. The first-order chi connectivity index (χ1) is 19.8. The van der Waals surface area contributed by atoms with Crippen LogP contribution in [0.2, 0.25) is 0 Å². The fraction of sp³-hybridized carbons (Fsp3) is 0.556. The van der Waals surface area contributed by atoms with Crippen molar-refractivity contribution in [3.63, 3.8) is 0 Å². The Kier molecular flexibility index (Phi) is 11.2. The Hall–Kier alpha value is -2.92. The lowest BCUT2D eigenvalue weighted by atomic mass is 9.80. The van der Waals surface area contributed by atoms with Gasteiger partial charge in [0.25, 0.3) is 0 Å². The van der Waals surface area contributed by atoms with Crippen LogP contribution in [0.25, 0.3) is 5.57 Å². The monoisotopic (exact) mass is 553 g/mol. The normalized spacial score (nSPS) is 23.4. The lowest BCUT2D eigenvalue weighted by Crippen LogP contribution is -2.34. The number of hydrogen-bond acceptors (Lipinski definition) is 5. The predicted molar refractivity (Wildman–Crippen MR) is 175 cm³/mol. The van der Waals surface area contributed by atoms with Crippen LogP contribution in [-0.2, 0) is 0 Å². The number of likely N-dealkylation sites (tertiary alicyclic amines) is 1. The summed E-state index contributed by atoms with van der Waals surface area (Å²) in [5.74, 6) is 0.982. The molecule has 1 fully saturated rings. The summed E-state index contributed by atoms with van der Waals surface area (Å²) in [7, 11) is 0. The standard InChI is InChI=1S/C36H51N5/c1-7-10-31-20-30(12-9-13-32-22-35(31)39-24-38-32)33(11-8-2)36(25(3)4)34-21-29(15-14-26(34)5)28-16-18-41(19-17-28)23-27(6)40-37/h12,14-15,20-21,24-25,28,32,37H,6-11,13,16-19,22-23H2,1-5H3/b30-12+,31-20-,36-33+,40-37?. The minimum Gasteiger partial charge on any atom is -0.297 e. The Morgan fingerprint density at radius 1 is 1.15 bits per heavy atom. The molecule has 0 radical (unpaired) electrons. The molecule has 5 nitrogen and oxygen atoms in total. The number of benzene rings is 1. The minimum absolute atomic E-state index is 0.353. The van der Waals surface area contributed by atoms with Gasteiger partial charge in [0, 0.05) is 18.7 Å². The molecule has 0 aromatic heterocycles. The van der Waals surface area contributed by atoms with Gasteiger partial charge >= 0.3 is 0 Å². The largest absolute Gasteiger partial charge is 0.297 e. The van der Waals surface area contributed by atoms with Gasteiger partial charge in [-0.1, -0.05) is 71.4 Å². The third-order valence-electron chi connectivity index (χ3n) is 8.93. The second-order valence-electron chi connectivity index (χ2n) is 12.5. The third-order valence-corrected chi connectivity index (χ3v) is 8.93. The highest BCUT2D eigenvalue weighted by Crippen LogP contribution is 2.39. The highest BCUT2D eigenvalue weighted by Gasteiger charge is 2.25. The number of aliphatic imine (C=N–C) groups is 2. The summed E-state index contributed by atoms with van der Waals surface area (Å²) in [4.78, 5) is 11.8. The maximum absolute atomic E-state index is 7.23. The van der Waals surface area contributed by atoms with Crippen LogP contribution in [0.1, 0.15) is 108 Å². The van der Waals surface area contributed by atoms with Gasteiger partial charge in [0.1, 0.15) is 6.34 Å². The Bertz CT molecular complexity index is 1250. The van der Waals surface area contributed by atoms with Crippen LogP contribution in [0.3, 0.4) is 0 Å². The molecule has 1 aromatic carbocycles. The number of hydrogen-bond donors (Lipinski definition) is 1. The molecule has 3 aliphatic rings. The SMILES string of the molecule is C=C(CN1CCC(c2ccc(C)c(/C(=C(CCC)/C3=C/CCC4CC(=NC=N4)/C(CCC)=C\3)C(C)C)c2)CC1)N=N. The van der Waals surface area contributed by atoms with E-state index in [1.54, 1.807) is 6.34 Å². The van der Waals surface area contributed by atoms with E-state index in [4.69, 9.17) is 15.5 Å². The van der Waals surface area contributed by atoms with E-state index in [2.05, 4.69) is 81.6 Å². The van der Waals surface area contributed by atoms with Gasteiger partial charge in [-0.25, -0.2) is 10.5 Å². The zero-order valence-electron chi connectivity index (χ0n) is 26.2. The van der Waals surface area contributed by atoms with E-state index in [0.717, 1.165) is 70.9 Å².